The van der Waals surface area contributed by atoms with Crippen LogP contribution >= 0.6 is 11.3 Å². The number of thiophene rings is 1. The molecule has 1 N–H and O–H groups in total. The third-order valence-electron chi connectivity index (χ3n) is 3.83. The molecule has 1 saturated carbocycles. The van der Waals surface area contributed by atoms with Gasteiger partial charge in [-0.1, -0.05) is 20.8 Å². The highest BCUT2D eigenvalue weighted by molar-refractivity contribution is 7.10. The van der Waals surface area contributed by atoms with Gasteiger partial charge in [0.25, 0.3) is 0 Å². The largest absolute Gasteiger partial charge is 0.309 e. The summed E-state index contributed by atoms with van der Waals surface area (Å²) < 4.78 is 0. The maximum Gasteiger partial charge on any atom is 0.0305 e. The van der Waals surface area contributed by atoms with Gasteiger partial charge in [0.05, 0.1) is 0 Å². The predicted molar refractivity (Wildman–Crippen MR) is 71.9 cm³/mol. The van der Waals surface area contributed by atoms with Gasteiger partial charge in [-0.25, -0.2) is 0 Å². The lowest BCUT2D eigenvalue weighted by atomic mass is 9.91. The molecule has 2 heteroatoms. The van der Waals surface area contributed by atoms with Crippen molar-refractivity contribution >= 4 is 11.3 Å². The minimum atomic E-state index is 0.529. The number of hydrogen-bond acceptors (Lipinski definition) is 2. The summed E-state index contributed by atoms with van der Waals surface area (Å²) in [6.45, 7) is 10.4. The van der Waals surface area contributed by atoms with E-state index in [4.69, 9.17) is 0 Å². The van der Waals surface area contributed by atoms with Crippen molar-refractivity contribution < 1.29 is 0 Å². The molecule has 90 valence electrons. The van der Waals surface area contributed by atoms with Crippen molar-refractivity contribution in [1.82, 2.24) is 5.32 Å². The summed E-state index contributed by atoms with van der Waals surface area (Å²) in [7, 11) is 0. The van der Waals surface area contributed by atoms with Crippen molar-refractivity contribution in [1.29, 1.82) is 0 Å². The highest BCUT2D eigenvalue weighted by atomic mass is 32.1. The summed E-state index contributed by atoms with van der Waals surface area (Å²) >= 11 is 1.87. The first-order chi connectivity index (χ1) is 7.48. The van der Waals surface area contributed by atoms with Gasteiger partial charge in [-0.15, -0.1) is 11.3 Å². The molecule has 1 fully saturated rings. The van der Waals surface area contributed by atoms with Gasteiger partial charge in [-0.2, -0.15) is 0 Å². The van der Waals surface area contributed by atoms with Crippen molar-refractivity contribution in [2.45, 2.75) is 53.1 Å². The Balaban J connectivity index is 1.90. The Hall–Kier alpha value is -0.340. The topological polar surface area (TPSA) is 12.0 Å². The summed E-state index contributed by atoms with van der Waals surface area (Å²) in [5.74, 6) is 0.815. The molecule has 0 saturated heterocycles. The first kappa shape index (κ1) is 12.1. The molecule has 16 heavy (non-hydrogen) atoms. The monoisotopic (exact) mass is 237 g/mol. The van der Waals surface area contributed by atoms with Gasteiger partial charge in [0.1, 0.15) is 0 Å². The Morgan fingerprint density at radius 3 is 2.69 bits per heavy atom. The average molecular weight is 237 g/mol. The molecule has 2 rings (SSSR count). The summed E-state index contributed by atoms with van der Waals surface area (Å²) in [5, 5.41) is 5.93. The fourth-order valence-electron chi connectivity index (χ4n) is 2.98. The van der Waals surface area contributed by atoms with Crippen LogP contribution in [0.25, 0.3) is 0 Å². The minimum Gasteiger partial charge on any atom is -0.309 e. The van der Waals surface area contributed by atoms with Crippen LogP contribution in [0, 0.1) is 18.3 Å². The predicted octanol–water partition coefficient (Wildman–Crippen LogP) is 3.97. The summed E-state index contributed by atoms with van der Waals surface area (Å²) in [6.07, 6.45) is 2.67. The molecule has 1 nitrogen and oxygen atoms in total. The Morgan fingerprint density at radius 1 is 1.44 bits per heavy atom. The molecule has 2 unspecified atom stereocenters. The molecule has 2 atom stereocenters. The van der Waals surface area contributed by atoms with Gasteiger partial charge in [0.15, 0.2) is 0 Å². The Bertz CT molecular complexity index is 353. The van der Waals surface area contributed by atoms with Crippen LogP contribution in [0.15, 0.2) is 11.4 Å². The molecule has 1 aliphatic carbocycles. The molecule has 0 amide bonds. The molecule has 1 aromatic heterocycles. The molecule has 0 radical (unpaired) electrons. The van der Waals surface area contributed by atoms with E-state index < -0.39 is 0 Å². The zero-order valence-corrected chi connectivity index (χ0v) is 11.7. The third kappa shape index (κ3) is 2.67. The van der Waals surface area contributed by atoms with Crippen molar-refractivity contribution in [2.75, 3.05) is 0 Å². The summed E-state index contributed by atoms with van der Waals surface area (Å²) in [5.41, 5.74) is 1.96. The van der Waals surface area contributed by atoms with Gasteiger partial charge in [0.2, 0.25) is 0 Å². The van der Waals surface area contributed by atoms with Crippen molar-refractivity contribution in [3.8, 4) is 0 Å². The Labute approximate surface area is 103 Å². The quantitative estimate of drug-likeness (QED) is 0.838. The average Bonchev–Trinajstić information content (AvgIpc) is 2.67. The van der Waals surface area contributed by atoms with Gasteiger partial charge in [-0.05, 0) is 48.1 Å². The van der Waals surface area contributed by atoms with E-state index >= 15 is 0 Å². The van der Waals surface area contributed by atoms with E-state index in [0.717, 1.165) is 12.5 Å². The second kappa shape index (κ2) is 4.50. The van der Waals surface area contributed by atoms with Gasteiger partial charge >= 0.3 is 0 Å². The maximum absolute atomic E-state index is 3.74. The molecule has 0 aliphatic heterocycles. The van der Waals surface area contributed by atoms with Crippen molar-refractivity contribution in [3.05, 3.63) is 21.9 Å². The Morgan fingerprint density at radius 2 is 2.19 bits per heavy atom. The molecule has 1 heterocycles. The molecule has 0 spiro atoms. The van der Waals surface area contributed by atoms with E-state index in [0.29, 0.717) is 11.5 Å². The van der Waals surface area contributed by atoms with E-state index in [9.17, 15) is 0 Å². The number of aryl methyl sites for hydroxylation is 1. The van der Waals surface area contributed by atoms with Crippen LogP contribution in [0.3, 0.4) is 0 Å². The lowest BCUT2D eigenvalue weighted by Crippen LogP contribution is -2.30. The van der Waals surface area contributed by atoms with E-state index in [1.54, 1.807) is 0 Å². The molecular formula is C14H23NS. The summed E-state index contributed by atoms with van der Waals surface area (Å²) in [6, 6.07) is 2.92. The van der Waals surface area contributed by atoms with E-state index in [1.165, 1.54) is 23.3 Å². The fraction of sp³-hybridized carbons (Fsp3) is 0.714. The first-order valence-electron chi connectivity index (χ1n) is 6.24. The smallest absolute Gasteiger partial charge is 0.0305 e. The highest BCUT2D eigenvalue weighted by Crippen LogP contribution is 2.40. The van der Waals surface area contributed by atoms with Crippen LogP contribution in [0.1, 0.15) is 44.1 Å². The maximum atomic E-state index is 3.74. The Kier molecular flexibility index (Phi) is 3.41. The van der Waals surface area contributed by atoms with Crippen LogP contribution in [0.5, 0.6) is 0 Å². The van der Waals surface area contributed by atoms with Crippen LogP contribution in [-0.2, 0) is 6.54 Å². The zero-order valence-electron chi connectivity index (χ0n) is 10.8. The summed E-state index contributed by atoms with van der Waals surface area (Å²) in [4.78, 5) is 1.50. The van der Waals surface area contributed by atoms with Gasteiger partial charge < -0.3 is 5.32 Å². The molecule has 0 aromatic carbocycles. The van der Waals surface area contributed by atoms with E-state index in [1.807, 2.05) is 11.3 Å². The third-order valence-corrected chi connectivity index (χ3v) is 4.85. The second-order valence-corrected chi connectivity index (χ2v) is 7.06. The molecule has 1 aromatic rings. The second-order valence-electron chi connectivity index (χ2n) is 6.06. The van der Waals surface area contributed by atoms with Gasteiger partial charge in [0, 0.05) is 17.5 Å². The van der Waals surface area contributed by atoms with Crippen LogP contribution in [0.4, 0.5) is 0 Å². The SMILES string of the molecule is Cc1ccsc1CNC1CC(C)(C)CC1C. The molecule has 0 bridgehead atoms. The van der Waals surface area contributed by atoms with Crippen LogP contribution in [-0.4, -0.2) is 6.04 Å². The minimum absolute atomic E-state index is 0.529. The standard InChI is InChI=1S/C14H23NS/c1-10-5-6-16-13(10)9-15-12-8-14(3,4)7-11(12)2/h5-6,11-12,15H,7-9H2,1-4H3. The lowest BCUT2D eigenvalue weighted by Gasteiger charge is -2.18. The first-order valence-corrected chi connectivity index (χ1v) is 7.12. The normalized spacial score (nSPS) is 28.5. The molecule has 1 aliphatic rings. The van der Waals surface area contributed by atoms with Crippen molar-refractivity contribution in [2.24, 2.45) is 11.3 Å². The van der Waals surface area contributed by atoms with Crippen LogP contribution in [0.2, 0.25) is 0 Å². The fourth-order valence-corrected chi connectivity index (χ4v) is 3.83. The number of hydrogen-bond donors (Lipinski definition) is 1. The zero-order chi connectivity index (χ0) is 11.8. The number of nitrogens with one attached hydrogen (secondary N) is 1. The highest BCUT2D eigenvalue weighted by Gasteiger charge is 2.36. The lowest BCUT2D eigenvalue weighted by molar-refractivity contribution is 0.362. The van der Waals surface area contributed by atoms with Gasteiger partial charge in [-0.3, -0.25) is 0 Å². The van der Waals surface area contributed by atoms with E-state index in [2.05, 4.69) is 44.5 Å². The van der Waals surface area contributed by atoms with Crippen LogP contribution < -0.4 is 5.32 Å². The number of rotatable bonds is 3. The van der Waals surface area contributed by atoms with Crippen molar-refractivity contribution in [3.63, 3.8) is 0 Å². The van der Waals surface area contributed by atoms with E-state index in [-0.39, 0.29) is 0 Å². The molecular weight excluding hydrogens is 214 g/mol.